The molecule has 6 heteroatoms. The maximum atomic E-state index is 13.1. The number of hydrogen-bond acceptors (Lipinski definition) is 3. The summed E-state index contributed by atoms with van der Waals surface area (Å²) in [5, 5.41) is -0.611. The summed E-state index contributed by atoms with van der Waals surface area (Å²) in [5.74, 6) is -0.602. The molecule has 0 amide bonds. The lowest BCUT2D eigenvalue weighted by molar-refractivity contribution is 0.615. The Morgan fingerprint density at radius 3 is 2.38 bits per heavy atom. The van der Waals surface area contributed by atoms with Gasteiger partial charge in [0.05, 0.1) is 0 Å². The van der Waals surface area contributed by atoms with Crippen molar-refractivity contribution in [1.29, 1.82) is 0 Å². The minimum Gasteiger partial charge on any atom is -0.253 e. The molecular weight excluding hydrogens is 252 g/mol. The van der Waals surface area contributed by atoms with Crippen molar-refractivity contribution in [3.63, 3.8) is 0 Å². The van der Waals surface area contributed by atoms with Crippen LogP contribution in [0.15, 0.2) is 18.3 Å². The highest BCUT2D eigenvalue weighted by Gasteiger charge is 2.14. The fourth-order valence-electron chi connectivity index (χ4n) is 1.22. The summed E-state index contributed by atoms with van der Waals surface area (Å²) in [6.45, 7) is 1.84. The van der Waals surface area contributed by atoms with Crippen LogP contribution < -0.4 is 0 Å². The molecule has 2 aromatic heterocycles. The zero-order valence-electron chi connectivity index (χ0n) is 8.21. The molecule has 2 rings (SSSR count). The molecule has 0 radical (unpaired) electrons. The zero-order chi connectivity index (χ0) is 11.7. The van der Waals surface area contributed by atoms with Gasteiger partial charge in [-0.05, 0) is 18.6 Å². The average Bonchev–Trinajstić information content (AvgIpc) is 2.26. The van der Waals surface area contributed by atoms with Gasteiger partial charge in [0.2, 0.25) is 0 Å². The van der Waals surface area contributed by atoms with Gasteiger partial charge < -0.3 is 0 Å². The number of rotatable bonds is 1. The normalized spacial score (nSPS) is 10.5. The van der Waals surface area contributed by atoms with Gasteiger partial charge in [-0.3, -0.25) is 4.98 Å². The predicted octanol–water partition coefficient (Wildman–Crippen LogP) is 3.29. The molecule has 0 saturated heterocycles. The Morgan fingerprint density at radius 1 is 1.19 bits per heavy atom. The van der Waals surface area contributed by atoms with Crippen LogP contribution in [0.5, 0.6) is 0 Å². The third kappa shape index (κ3) is 1.99. The van der Waals surface area contributed by atoms with Gasteiger partial charge in [-0.15, -0.1) is 0 Å². The second-order valence-electron chi connectivity index (χ2n) is 3.11. The predicted molar refractivity (Wildman–Crippen MR) is 60.0 cm³/mol. The number of hydrogen-bond donors (Lipinski definition) is 0. The first-order chi connectivity index (χ1) is 7.59. The van der Waals surface area contributed by atoms with E-state index < -0.39 is 5.82 Å². The molecule has 0 saturated carbocycles. The van der Waals surface area contributed by atoms with Crippen LogP contribution in [0.1, 0.15) is 5.56 Å². The van der Waals surface area contributed by atoms with E-state index in [-0.39, 0.29) is 16.1 Å². The van der Waals surface area contributed by atoms with E-state index >= 15 is 0 Å². The van der Waals surface area contributed by atoms with E-state index in [4.69, 9.17) is 23.2 Å². The largest absolute Gasteiger partial charge is 0.253 e. The minimum absolute atomic E-state index is 0.217. The standard InChI is InChI=1S/C10H6Cl2FN3/c1-5-3-2-4-14-7(5)10-15-8(11)6(13)9(12)16-10/h2-4H,1H3. The van der Waals surface area contributed by atoms with E-state index in [0.717, 1.165) is 5.56 Å². The summed E-state index contributed by atoms with van der Waals surface area (Å²) in [6, 6.07) is 3.63. The summed E-state index contributed by atoms with van der Waals surface area (Å²) in [4.78, 5) is 11.7. The van der Waals surface area contributed by atoms with Crippen molar-refractivity contribution in [3.05, 3.63) is 40.0 Å². The first-order valence-corrected chi connectivity index (χ1v) is 5.15. The van der Waals surface area contributed by atoms with Gasteiger partial charge in [0, 0.05) is 6.20 Å². The van der Waals surface area contributed by atoms with Crippen LogP contribution in [0.4, 0.5) is 4.39 Å². The van der Waals surface area contributed by atoms with Crippen molar-refractivity contribution in [2.45, 2.75) is 6.92 Å². The number of nitrogens with zero attached hydrogens (tertiary/aromatic N) is 3. The van der Waals surface area contributed by atoms with Gasteiger partial charge in [0.1, 0.15) is 5.69 Å². The summed E-state index contributed by atoms with van der Waals surface area (Å²) in [5.41, 5.74) is 1.40. The summed E-state index contributed by atoms with van der Waals surface area (Å²) in [6.07, 6.45) is 1.59. The van der Waals surface area contributed by atoms with Crippen LogP contribution in [0.2, 0.25) is 10.3 Å². The van der Waals surface area contributed by atoms with E-state index in [9.17, 15) is 4.39 Å². The Bertz CT molecular complexity index is 522. The first kappa shape index (κ1) is 11.2. The maximum absolute atomic E-state index is 13.1. The fourth-order valence-corrected chi connectivity index (χ4v) is 1.61. The van der Waals surface area contributed by atoms with Crippen molar-refractivity contribution in [1.82, 2.24) is 15.0 Å². The quantitative estimate of drug-likeness (QED) is 0.736. The number of pyridine rings is 1. The molecule has 3 nitrogen and oxygen atoms in total. The van der Waals surface area contributed by atoms with E-state index in [1.165, 1.54) is 0 Å². The topological polar surface area (TPSA) is 38.7 Å². The maximum Gasteiger partial charge on any atom is 0.197 e. The first-order valence-electron chi connectivity index (χ1n) is 4.40. The lowest BCUT2D eigenvalue weighted by Crippen LogP contribution is -1.97. The lowest BCUT2D eigenvalue weighted by atomic mass is 10.2. The highest BCUT2D eigenvalue weighted by atomic mass is 35.5. The Labute approximate surface area is 101 Å². The number of aromatic nitrogens is 3. The lowest BCUT2D eigenvalue weighted by Gasteiger charge is -2.04. The van der Waals surface area contributed by atoms with Gasteiger partial charge in [-0.1, -0.05) is 29.3 Å². The van der Waals surface area contributed by atoms with Crippen molar-refractivity contribution >= 4 is 23.2 Å². The van der Waals surface area contributed by atoms with Gasteiger partial charge in [-0.25, -0.2) is 14.4 Å². The molecule has 0 unspecified atom stereocenters. The molecule has 82 valence electrons. The molecule has 0 aliphatic rings. The van der Waals surface area contributed by atoms with Crippen molar-refractivity contribution in [3.8, 4) is 11.5 Å². The highest BCUT2D eigenvalue weighted by molar-refractivity contribution is 6.33. The Kier molecular flexibility index (Phi) is 3.03. The summed E-state index contributed by atoms with van der Waals surface area (Å²) in [7, 11) is 0. The van der Waals surface area contributed by atoms with E-state index in [2.05, 4.69) is 15.0 Å². The molecule has 0 aliphatic carbocycles. The van der Waals surface area contributed by atoms with Crippen molar-refractivity contribution in [2.24, 2.45) is 0 Å². The molecule has 2 aromatic rings. The number of halogens is 3. The van der Waals surface area contributed by atoms with Crippen LogP contribution in [0.3, 0.4) is 0 Å². The third-order valence-corrected chi connectivity index (χ3v) is 2.49. The van der Waals surface area contributed by atoms with Gasteiger partial charge >= 0.3 is 0 Å². The molecule has 2 heterocycles. The molecule has 0 fully saturated rings. The SMILES string of the molecule is Cc1cccnc1-c1nc(Cl)c(F)c(Cl)n1. The van der Waals surface area contributed by atoms with Crippen LogP contribution in [0.25, 0.3) is 11.5 Å². The second-order valence-corrected chi connectivity index (χ2v) is 3.83. The summed E-state index contributed by atoms with van der Waals surface area (Å²) < 4.78 is 13.1. The molecular formula is C10H6Cl2FN3. The van der Waals surface area contributed by atoms with E-state index in [1.54, 1.807) is 12.3 Å². The third-order valence-electron chi connectivity index (χ3n) is 1.99. The molecule has 0 bridgehead atoms. The van der Waals surface area contributed by atoms with Crippen LogP contribution in [-0.4, -0.2) is 15.0 Å². The van der Waals surface area contributed by atoms with Gasteiger partial charge in [0.15, 0.2) is 21.9 Å². The fraction of sp³-hybridized carbons (Fsp3) is 0.100. The van der Waals surface area contributed by atoms with Crippen LogP contribution in [0, 0.1) is 12.7 Å². The molecule has 0 spiro atoms. The zero-order valence-corrected chi connectivity index (χ0v) is 9.72. The van der Waals surface area contributed by atoms with Crippen LogP contribution in [-0.2, 0) is 0 Å². The molecule has 16 heavy (non-hydrogen) atoms. The molecule has 0 atom stereocenters. The average molecular weight is 258 g/mol. The smallest absolute Gasteiger partial charge is 0.197 e. The molecule has 0 N–H and O–H groups in total. The Hall–Kier alpha value is -1.26. The van der Waals surface area contributed by atoms with E-state index in [0.29, 0.717) is 5.69 Å². The molecule has 0 aliphatic heterocycles. The van der Waals surface area contributed by atoms with Crippen molar-refractivity contribution < 1.29 is 4.39 Å². The summed E-state index contributed by atoms with van der Waals surface area (Å²) >= 11 is 11.2. The number of aryl methyl sites for hydroxylation is 1. The highest BCUT2D eigenvalue weighted by Crippen LogP contribution is 2.24. The monoisotopic (exact) mass is 257 g/mol. The molecule has 0 aromatic carbocycles. The van der Waals surface area contributed by atoms with Crippen molar-refractivity contribution in [2.75, 3.05) is 0 Å². The Balaban J connectivity index is 2.62. The van der Waals surface area contributed by atoms with Gasteiger partial charge in [-0.2, -0.15) is 0 Å². The Morgan fingerprint density at radius 2 is 1.81 bits per heavy atom. The van der Waals surface area contributed by atoms with Gasteiger partial charge in [0.25, 0.3) is 0 Å². The second kappa shape index (κ2) is 4.31. The minimum atomic E-state index is -0.819. The van der Waals surface area contributed by atoms with E-state index in [1.807, 2.05) is 13.0 Å². The van der Waals surface area contributed by atoms with Crippen LogP contribution >= 0.6 is 23.2 Å².